The summed E-state index contributed by atoms with van der Waals surface area (Å²) < 4.78 is 6.51. The number of carbonyl (C=O) groups excluding carboxylic acids is 1. The fraction of sp³-hybridized carbons (Fsp3) is 0.0588. The number of benzene rings is 1. The molecular formula is C17H12ClN5O2. The van der Waals surface area contributed by atoms with E-state index in [1.165, 1.54) is 12.5 Å². The normalized spacial score (nSPS) is 10.9. The molecule has 4 aromatic rings. The zero-order valence-electron chi connectivity index (χ0n) is 12.9. The molecule has 0 aliphatic carbocycles. The Labute approximate surface area is 147 Å². The minimum absolute atomic E-state index is 0.197. The number of rotatable bonds is 4. The molecule has 0 fully saturated rings. The Kier molecular flexibility index (Phi) is 3.91. The number of aromatic nitrogens is 4. The molecule has 0 saturated carbocycles. The van der Waals surface area contributed by atoms with E-state index in [0.29, 0.717) is 22.1 Å². The van der Waals surface area contributed by atoms with Gasteiger partial charge in [-0.25, -0.2) is 0 Å². The molecule has 0 spiro atoms. The second-order valence-electron chi connectivity index (χ2n) is 5.31. The van der Waals surface area contributed by atoms with Crippen LogP contribution in [0, 0.1) is 0 Å². The summed E-state index contributed by atoms with van der Waals surface area (Å²) in [6.07, 6.45) is 2.83. The van der Waals surface area contributed by atoms with Crippen molar-refractivity contribution in [3.05, 3.63) is 71.4 Å². The Hall–Kier alpha value is -3.19. The van der Waals surface area contributed by atoms with Crippen LogP contribution < -0.4 is 5.32 Å². The highest BCUT2D eigenvalue weighted by Crippen LogP contribution is 2.20. The number of hydrogen-bond donors (Lipinski definition) is 1. The molecule has 0 saturated heterocycles. The molecule has 1 aromatic carbocycles. The maximum absolute atomic E-state index is 12.0. The summed E-state index contributed by atoms with van der Waals surface area (Å²) in [4.78, 5) is 12.0. The summed E-state index contributed by atoms with van der Waals surface area (Å²) in [7, 11) is 0. The van der Waals surface area contributed by atoms with Crippen molar-refractivity contribution in [1.82, 2.24) is 25.1 Å². The third-order valence-electron chi connectivity index (χ3n) is 3.66. The zero-order chi connectivity index (χ0) is 17.2. The van der Waals surface area contributed by atoms with Gasteiger partial charge in [-0.05, 0) is 30.3 Å². The molecule has 0 radical (unpaired) electrons. The van der Waals surface area contributed by atoms with Crippen LogP contribution in [0.5, 0.6) is 0 Å². The molecule has 0 aliphatic heterocycles. The van der Waals surface area contributed by atoms with Crippen molar-refractivity contribution >= 4 is 23.2 Å². The standard InChI is InChI=1S/C17H12ClN5O2/c18-13-3-1-11(2-4-13)14-5-6-15-20-21-16(23(15)22-14)9-19-17(24)12-7-8-25-10-12/h1-8,10H,9H2,(H,19,24). The molecule has 0 unspecified atom stereocenters. The molecule has 1 amide bonds. The molecule has 0 atom stereocenters. The molecule has 3 aromatic heterocycles. The number of amides is 1. The minimum atomic E-state index is -0.251. The summed E-state index contributed by atoms with van der Waals surface area (Å²) in [6.45, 7) is 0.197. The van der Waals surface area contributed by atoms with Crippen molar-refractivity contribution in [1.29, 1.82) is 0 Å². The Morgan fingerprint density at radius 3 is 2.72 bits per heavy atom. The molecule has 7 nitrogen and oxygen atoms in total. The van der Waals surface area contributed by atoms with Gasteiger partial charge in [0, 0.05) is 10.6 Å². The maximum atomic E-state index is 12.0. The van der Waals surface area contributed by atoms with Gasteiger partial charge >= 0.3 is 0 Å². The van der Waals surface area contributed by atoms with Crippen molar-refractivity contribution in [2.75, 3.05) is 0 Å². The molecular weight excluding hydrogens is 342 g/mol. The Morgan fingerprint density at radius 1 is 1.12 bits per heavy atom. The quantitative estimate of drug-likeness (QED) is 0.609. The summed E-state index contributed by atoms with van der Waals surface area (Å²) in [6, 6.07) is 12.7. The second kappa shape index (κ2) is 6.37. The third-order valence-corrected chi connectivity index (χ3v) is 3.91. The molecule has 124 valence electrons. The number of nitrogens with one attached hydrogen (secondary N) is 1. The predicted octanol–water partition coefficient (Wildman–Crippen LogP) is 2.97. The van der Waals surface area contributed by atoms with Crippen LogP contribution in [-0.4, -0.2) is 25.7 Å². The van der Waals surface area contributed by atoms with Crippen molar-refractivity contribution in [2.24, 2.45) is 0 Å². The molecule has 25 heavy (non-hydrogen) atoms. The van der Waals surface area contributed by atoms with Gasteiger partial charge in [0.15, 0.2) is 11.5 Å². The van der Waals surface area contributed by atoms with Gasteiger partial charge in [0.2, 0.25) is 0 Å². The van der Waals surface area contributed by atoms with Crippen LogP contribution in [0.1, 0.15) is 16.2 Å². The lowest BCUT2D eigenvalue weighted by atomic mass is 10.1. The van der Waals surface area contributed by atoms with Gasteiger partial charge in [-0.15, -0.1) is 10.2 Å². The molecule has 3 heterocycles. The smallest absolute Gasteiger partial charge is 0.254 e. The Bertz CT molecular complexity index is 1030. The van der Waals surface area contributed by atoms with Gasteiger partial charge in [0.1, 0.15) is 6.26 Å². The Balaban J connectivity index is 1.60. The monoisotopic (exact) mass is 353 g/mol. The van der Waals surface area contributed by atoms with E-state index in [9.17, 15) is 4.79 Å². The number of nitrogens with zero attached hydrogens (tertiary/aromatic N) is 4. The lowest BCUT2D eigenvalue weighted by Crippen LogP contribution is -2.23. The largest absolute Gasteiger partial charge is 0.472 e. The van der Waals surface area contributed by atoms with Crippen molar-refractivity contribution in [3.63, 3.8) is 0 Å². The number of halogens is 1. The lowest BCUT2D eigenvalue weighted by Gasteiger charge is -2.04. The number of hydrogen-bond acceptors (Lipinski definition) is 5. The average Bonchev–Trinajstić information content (AvgIpc) is 3.30. The van der Waals surface area contributed by atoms with E-state index in [-0.39, 0.29) is 12.5 Å². The van der Waals surface area contributed by atoms with Crippen molar-refractivity contribution in [3.8, 4) is 11.3 Å². The first-order valence-corrected chi connectivity index (χ1v) is 7.86. The number of fused-ring (bicyclic) bond motifs is 1. The number of carbonyl (C=O) groups is 1. The lowest BCUT2D eigenvalue weighted by molar-refractivity contribution is 0.0949. The minimum Gasteiger partial charge on any atom is -0.472 e. The predicted molar refractivity (Wildman–Crippen MR) is 91.1 cm³/mol. The summed E-state index contributed by atoms with van der Waals surface area (Å²) in [5.41, 5.74) is 2.73. The van der Waals surface area contributed by atoms with Crippen LogP contribution in [0.2, 0.25) is 5.02 Å². The molecule has 0 aliphatic rings. The highest BCUT2D eigenvalue weighted by molar-refractivity contribution is 6.30. The van der Waals surface area contributed by atoms with E-state index in [4.69, 9.17) is 16.0 Å². The first-order chi connectivity index (χ1) is 12.2. The SMILES string of the molecule is O=C(NCc1nnc2ccc(-c3ccc(Cl)cc3)nn12)c1ccoc1. The first kappa shape index (κ1) is 15.3. The molecule has 1 N–H and O–H groups in total. The van der Waals surface area contributed by atoms with Crippen molar-refractivity contribution < 1.29 is 9.21 Å². The second-order valence-corrected chi connectivity index (χ2v) is 5.74. The van der Waals surface area contributed by atoms with Crippen molar-refractivity contribution in [2.45, 2.75) is 6.54 Å². The van der Waals surface area contributed by atoms with Gasteiger partial charge in [0.05, 0.1) is 24.1 Å². The molecule has 8 heteroatoms. The van der Waals surface area contributed by atoms with E-state index in [1.807, 2.05) is 24.3 Å². The third kappa shape index (κ3) is 3.09. The number of furan rings is 1. The van der Waals surface area contributed by atoms with E-state index in [0.717, 1.165) is 11.3 Å². The maximum Gasteiger partial charge on any atom is 0.254 e. The fourth-order valence-corrected chi connectivity index (χ4v) is 2.50. The van der Waals surface area contributed by atoms with Gasteiger partial charge in [-0.1, -0.05) is 23.7 Å². The van der Waals surface area contributed by atoms with Gasteiger partial charge < -0.3 is 9.73 Å². The molecule has 0 bridgehead atoms. The Morgan fingerprint density at radius 2 is 1.96 bits per heavy atom. The van der Waals surface area contributed by atoms with Gasteiger partial charge in [-0.2, -0.15) is 9.61 Å². The van der Waals surface area contributed by atoms with Crippen LogP contribution in [0.3, 0.4) is 0 Å². The average molecular weight is 354 g/mol. The highest BCUT2D eigenvalue weighted by Gasteiger charge is 2.12. The van der Waals surface area contributed by atoms with Crippen LogP contribution in [0.4, 0.5) is 0 Å². The van der Waals surface area contributed by atoms with E-state index < -0.39 is 0 Å². The van der Waals surface area contributed by atoms with E-state index in [2.05, 4.69) is 20.6 Å². The van der Waals surface area contributed by atoms with E-state index in [1.54, 1.807) is 22.7 Å². The van der Waals surface area contributed by atoms with Crippen LogP contribution >= 0.6 is 11.6 Å². The molecule has 4 rings (SSSR count). The summed E-state index contributed by atoms with van der Waals surface area (Å²) in [5, 5.41) is 16.1. The summed E-state index contributed by atoms with van der Waals surface area (Å²) in [5.74, 6) is 0.280. The highest BCUT2D eigenvalue weighted by atomic mass is 35.5. The first-order valence-electron chi connectivity index (χ1n) is 7.48. The van der Waals surface area contributed by atoms with E-state index >= 15 is 0 Å². The topological polar surface area (TPSA) is 85.3 Å². The fourth-order valence-electron chi connectivity index (χ4n) is 2.37. The van der Waals surface area contributed by atoms with Crippen LogP contribution in [0.25, 0.3) is 16.9 Å². The zero-order valence-corrected chi connectivity index (χ0v) is 13.6. The van der Waals surface area contributed by atoms with Gasteiger partial charge in [-0.3, -0.25) is 4.79 Å². The van der Waals surface area contributed by atoms with Crippen LogP contribution in [-0.2, 0) is 6.54 Å². The van der Waals surface area contributed by atoms with Gasteiger partial charge in [0.25, 0.3) is 5.91 Å². The summed E-state index contributed by atoms with van der Waals surface area (Å²) >= 11 is 5.92. The van der Waals surface area contributed by atoms with Crippen LogP contribution in [0.15, 0.2) is 59.4 Å².